The zero-order chi connectivity index (χ0) is 17.1. The summed E-state index contributed by atoms with van der Waals surface area (Å²) in [7, 11) is 1.63. The predicted octanol–water partition coefficient (Wildman–Crippen LogP) is 4.21. The van der Waals surface area contributed by atoms with Gasteiger partial charge >= 0.3 is 0 Å². The summed E-state index contributed by atoms with van der Waals surface area (Å²) in [6.07, 6.45) is 0. The summed E-state index contributed by atoms with van der Waals surface area (Å²) >= 11 is 1.51. The van der Waals surface area contributed by atoms with Gasteiger partial charge in [-0.1, -0.05) is 23.4 Å². The Morgan fingerprint density at radius 2 is 2.04 bits per heavy atom. The number of methoxy groups -OCH3 is 1. The highest BCUT2D eigenvalue weighted by Gasteiger charge is 2.23. The van der Waals surface area contributed by atoms with Gasteiger partial charge in [0.25, 0.3) is 5.91 Å². The Kier molecular flexibility index (Phi) is 4.66. The SMILES string of the molecule is COc1ccc([C@H](C)NC(=O)c2c(C)noc2-c2cccs2)cc1. The van der Waals surface area contributed by atoms with E-state index >= 15 is 0 Å². The number of benzene rings is 1. The molecule has 3 aromatic rings. The summed E-state index contributed by atoms with van der Waals surface area (Å²) in [5.41, 5.74) is 2.06. The second-order valence-electron chi connectivity index (χ2n) is 5.42. The maximum Gasteiger partial charge on any atom is 0.257 e. The third-order valence-corrected chi connectivity index (χ3v) is 4.67. The molecule has 124 valence electrons. The lowest BCUT2D eigenvalue weighted by Crippen LogP contribution is -2.27. The zero-order valence-corrected chi connectivity index (χ0v) is 14.5. The van der Waals surface area contributed by atoms with Gasteiger partial charge < -0.3 is 14.6 Å². The van der Waals surface area contributed by atoms with Crippen molar-refractivity contribution in [2.45, 2.75) is 19.9 Å². The van der Waals surface area contributed by atoms with Crippen LogP contribution in [0.4, 0.5) is 0 Å². The van der Waals surface area contributed by atoms with Crippen LogP contribution >= 0.6 is 11.3 Å². The largest absolute Gasteiger partial charge is 0.497 e. The van der Waals surface area contributed by atoms with Crippen molar-refractivity contribution in [1.29, 1.82) is 0 Å². The van der Waals surface area contributed by atoms with Crippen LogP contribution < -0.4 is 10.1 Å². The van der Waals surface area contributed by atoms with Crippen LogP contribution in [0.5, 0.6) is 5.75 Å². The number of thiophene rings is 1. The number of nitrogens with zero attached hydrogens (tertiary/aromatic N) is 1. The van der Waals surface area contributed by atoms with Gasteiger partial charge in [-0.05, 0) is 43.0 Å². The molecule has 1 N–H and O–H groups in total. The Hall–Kier alpha value is -2.60. The fourth-order valence-electron chi connectivity index (χ4n) is 2.46. The van der Waals surface area contributed by atoms with Crippen LogP contribution in [0.25, 0.3) is 10.6 Å². The van der Waals surface area contributed by atoms with E-state index in [1.54, 1.807) is 14.0 Å². The highest BCUT2D eigenvalue weighted by molar-refractivity contribution is 7.13. The summed E-state index contributed by atoms with van der Waals surface area (Å²) < 4.78 is 10.5. The number of carbonyl (C=O) groups excluding carboxylic acids is 1. The molecule has 1 atom stereocenters. The molecule has 0 radical (unpaired) electrons. The van der Waals surface area contributed by atoms with Crippen LogP contribution in [-0.4, -0.2) is 18.2 Å². The van der Waals surface area contributed by atoms with Gasteiger partial charge in [-0.15, -0.1) is 11.3 Å². The number of hydrogen-bond donors (Lipinski definition) is 1. The lowest BCUT2D eigenvalue weighted by atomic mass is 10.1. The van der Waals surface area contributed by atoms with E-state index in [4.69, 9.17) is 9.26 Å². The molecule has 0 saturated heterocycles. The van der Waals surface area contributed by atoms with Gasteiger partial charge in [-0.3, -0.25) is 4.79 Å². The molecule has 0 bridgehead atoms. The number of amides is 1. The highest BCUT2D eigenvalue weighted by Crippen LogP contribution is 2.30. The van der Waals surface area contributed by atoms with E-state index in [-0.39, 0.29) is 11.9 Å². The van der Waals surface area contributed by atoms with Crippen molar-refractivity contribution in [3.8, 4) is 16.4 Å². The van der Waals surface area contributed by atoms with Crippen molar-refractivity contribution in [1.82, 2.24) is 10.5 Å². The molecule has 6 heteroatoms. The normalized spacial score (nSPS) is 12.0. The third-order valence-electron chi connectivity index (χ3n) is 3.80. The maximum atomic E-state index is 12.7. The Balaban J connectivity index is 1.81. The van der Waals surface area contributed by atoms with Gasteiger partial charge in [0.1, 0.15) is 11.3 Å². The molecule has 24 heavy (non-hydrogen) atoms. The lowest BCUT2D eigenvalue weighted by molar-refractivity contribution is 0.0939. The second kappa shape index (κ2) is 6.88. The predicted molar refractivity (Wildman–Crippen MR) is 93.4 cm³/mol. The quantitative estimate of drug-likeness (QED) is 0.754. The minimum atomic E-state index is -0.194. The van der Waals surface area contributed by atoms with E-state index in [1.165, 1.54) is 11.3 Å². The van der Waals surface area contributed by atoms with E-state index in [1.807, 2.05) is 48.7 Å². The molecule has 0 spiro atoms. The first-order valence-electron chi connectivity index (χ1n) is 7.55. The number of aryl methyl sites for hydroxylation is 1. The summed E-state index contributed by atoms with van der Waals surface area (Å²) in [6, 6.07) is 11.3. The molecule has 1 amide bonds. The van der Waals surface area contributed by atoms with E-state index in [2.05, 4.69) is 10.5 Å². The fraction of sp³-hybridized carbons (Fsp3) is 0.222. The molecular formula is C18H18N2O3S. The number of carbonyl (C=O) groups is 1. The number of nitrogens with one attached hydrogen (secondary N) is 1. The first kappa shape index (κ1) is 16.3. The topological polar surface area (TPSA) is 64.4 Å². The maximum absolute atomic E-state index is 12.7. The molecular weight excluding hydrogens is 324 g/mol. The number of ether oxygens (including phenoxy) is 1. The van der Waals surface area contributed by atoms with Crippen molar-refractivity contribution in [2.24, 2.45) is 0 Å². The molecule has 0 aliphatic carbocycles. The van der Waals surface area contributed by atoms with Crippen LogP contribution in [0.15, 0.2) is 46.3 Å². The van der Waals surface area contributed by atoms with Crippen molar-refractivity contribution >= 4 is 17.2 Å². The minimum Gasteiger partial charge on any atom is -0.497 e. The first-order chi connectivity index (χ1) is 11.6. The molecule has 0 aliphatic rings. The van der Waals surface area contributed by atoms with Gasteiger partial charge in [0.05, 0.1) is 23.7 Å². The van der Waals surface area contributed by atoms with Crippen LogP contribution in [0.3, 0.4) is 0 Å². The zero-order valence-electron chi connectivity index (χ0n) is 13.7. The van der Waals surface area contributed by atoms with E-state index < -0.39 is 0 Å². The highest BCUT2D eigenvalue weighted by atomic mass is 32.1. The fourth-order valence-corrected chi connectivity index (χ4v) is 3.17. The van der Waals surface area contributed by atoms with E-state index in [9.17, 15) is 4.79 Å². The summed E-state index contributed by atoms with van der Waals surface area (Å²) in [5.74, 6) is 1.11. The average Bonchev–Trinajstić information content (AvgIpc) is 3.24. The Morgan fingerprint density at radius 3 is 2.67 bits per heavy atom. The summed E-state index contributed by atoms with van der Waals surface area (Å²) in [6.45, 7) is 3.71. The molecule has 2 aromatic heterocycles. The molecule has 0 aliphatic heterocycles. The summed E-state index contributed by atoms with van der Waals surface area (Å²) in [4.78, 5) is 13.6. The van der Waals surface area contributed by atoms with Crippen LogP contribution in [0.2, 0.25) is 0 Å². The minimum absolute atomic E-state index is 0.145. The molecule has 0 saturated carbocycles. The molecule has 0 fully saturated rings. The molecule has 0 unspecified atom stereocenters. The smallest absolute Gasteiger partial charge is 0.257 e. The molecule has 3 rings (SSSR count). The average molecular weight is 342 g/mol. The number of hydrogen-bond acceptors (Lipinski definition) is 5. The Labute approximate surface area is 144 Å². The monoisotopic (exact) mass is 342 g/mol. The molecule has 1 aromatic carbocycles. The Morgan fingerprint density at radius 1 is 1.29 bits per heavy atom. The van der Waals surface area contributed by atoms with E-state index in [0.717, 1.165) is 16.2 Å². The van der Waals surface area contributed by atoms with Gasteiger partial charge in [-0.2, -0.15) is 0 Å². The van der Waals surface area contributed by atoms with Crippen LogP contribution in [0, 0.1) is 6.92 Å². The van der Waals surface area contributed by atoms with Gasteiger partial charge in [0.2, 0.25) is 0 Å². The van der Waals surface area contributed by atoms with Crippen molar-refractivity contribution in [2.75, 3.05) is 7.11 Å². The number of rotatable bonds is 5. The molecule has 5 nitrogen and oxygen atoms in total. The first-order valence-corrected chi connectivity index (χ1v) is 8.43. The van der Waals surface area contributed by atoms with Gasteiger partial charge in [0.15, 0.2) is 5.76 Å². The standard InChI is InChI=1S/C18H18N2O3S/c1-11(13-6-8-14(22-3)9-7-13)19-18(21)16-12(2)20-23-17(16)15-5-4-10-24-15/h4-11H,1-3H3,(H,19,21)/t11-/m0/s1. The Bertz CT molecular complexity index is 823. The third kappa shape index (κ3) is 3.19. The molecule has 2 heterocycles. The van der Waals surface area contributed by atoms with E-state index in [0.29, 0.717) is 17.0 Å². The van der Waals surface area contributed by atoms with Crippen molar-refractivity contribution < 1.29 is 14.1 Å². The van der Waals surface area contributed by atoms with Gasteiger partial charge in [-0.25, -0.2) is 0 Å². The van der Waals surface area contributed by atoms with Crippen molar-refractivity contribution in [3.05, 3.63) is 58.6 Å². The van der Waals surface area contributed by atoms with Crippen molar-refractivity contribution in [3.63, 3.8) is 0 Å². The second-order valence-corrected chi connectivity index (χ2v) is 6.37. The summed E-state index contributed by atoms with van der Waals surface area (Å²) in [5, 5.41) is 8.89. The van der Waals surface area contributed by atoms with Crippen LogP contribution in [-0.2, 0) is 0 Å². The lowest BCUT2D eigenvalue weighted by Gasteiger charge is -2.14. The van der Waals surface area contributed by atoms with Gasteiger partial charge in [0, 0.05) is 0 Å². The number of aromatic nitrogens is 1. The van der Waals surface area contributed by atoms with Crippen LogP contribution in [0.1, 0.15) is 34.6 Å².